The lowest BCUT2D eigenvalue weighted by Crippen LogP contribution is -2.31. The maximum Gasteiger partial charge on any atom is 0.416 e. The molecule has 2 aromatic carbocycles. The first kappa shape index (κ1) is 31.0. The van der Waals surface area contributed by atoms with E-state index >= 15 is 0 Å². The van der Waals surface area contributed by atoms with E-state index in [1.165, 1.54) is 27.8 Å². The van der Waals surface area contributed by atoms with Gasteiger partial charge in [0.2, 0.25) is 0 Å². The number of alkyl halides is 4. The van der Waals surface area contributed by atoms with Crippen LogP contribution in [0.1, 0.15) is 45.8 Å². The number of carbonyl (C=O) groups is 1. The monoisotopic (exact) mass is 603 g/mol. The lowest BCUT2D eigenvalue weighted by atomic mass is 9.67. The Labute approximate surface area is 246 Å². The number of pyridine rings is 1. The Morgan fingerprint density at radius 1 is 1.12 bits per heavy atom. The normalized spacial score (nSPS) is 13.0. The van der Waals surface area contributed by atoms with E-state index in [-0.39, 0.29) is 35.7 Å². The first-order valence-corrected chi connectivity index (χ1v) is 14.3. The fourth-order valence-corrected chi connectivity index (χ4v) is 5.44. The van der Waals surface area contributed by atoms with Crippen molar-refractivity contribution in [3.05, 3.63) is 93.9 Å². The summed E-state index contributed by atoms with van der Waals surface area (Å²) in [4.78, 5) is 18.5. The highest BCUT2D eigenvalue weighted by Gasteiger charge is 2.34. The number of aliphatic hydroxyl groups excluding tert-OH is 1. The molecule has 1 atom stereocenters. The number of benzene rings is 2. The molecular weight excluding hydrogens is 575 g/mol. The number of rotatable bonds is 10. The van der Waals surface area contributed by atoms with E-state index in [0.29, 0.717) is 22.3 Å². The molecule has 0 bridgehead atoms. The summed E-state index contributed by atoms with van der Waals surface area (Å²) in [6.07, 6.45) is -3.05. The molecule has 0 spiro atoms. The predicted octanol–water partition coefficient (Wildman–Crippen LogP) is 4.76. The number of nitrogens with zero attached hydrogens (tertiary/aromatic N) is 2. The summed E-state index contributed by atoms with van der Waals surface area (Å²) in [6, 6.07) is 13.0. The number of thioether (sulfide) groups is 1. The van der Waals surface area contributed by atoms with E-state index in [1.54, 1.807) is 52.9 Å². The largest absolute Gasteiger partial charge is 0.416 e. The Hall–Kier alpha value is -2.95. The van der Waals surface area contributed by atoms with Crippen molar-refractivity contribution in [3.63, 3.8) is 0 Å². The standard InChI is InChI=1S/C28H28B2ClF4N3O2S/c1-2-41-21-6-7-23(36-13-21)24(14-39)37-26(40)17-4-8-25-18(9-17)11-20(38(25)15-27(29,30)32)10-16-3-5-19(31)12-22(16)28(33,34)35/h3-9,11-13,24,39H,2,10,14-15,29-30H2,1H3,(H,37,40). The molecule has 41 heavy (non-hydrogen) atoms. The Balaban J connectivity index is 1.67. The van der Waals surface area contributed by atoms with Crippen molar-refractivity contribution in [1.29, 1.82) is 0 Å². The van der Waals surface area contributed by atoms with Crippen LogP contribution in [0.3, 0.4) is 0 Å². The van der Waals surface area contributed by atoms with Crippen LogP contribution in [0.5, 0.6) is 0 Å². The number of nitrogens with one attached hydrogen (secondary N) is 1. The van der Waals surface area contributed by atoms with Crippen molar-refractivity contribution in [2.24, 2.45) is 0 Å². The average molecular weight is 604 g/mol. The fourth-order valence-electron chi connectivity index (χ4n) is 4.64. The van der Waals surface area contributed by atoms with Crippen LogP contribution in [0.2, 0.25) is 5.02 Å². The minimum atomic E-state index is -4.62. The molecule has 0 aliphatic rings. The quantitative estimate of drug-likeness (QED) is 0.156. The summed E-state index contributed by atoms with van der Waals surface area (Å²) in [5.41, 5.74) is -0.693. The molecule has 13 heteroatoms. The van der Waals surface area contributed by atoms with Crippen LogP contribution in [0.25, 0.3) is 10.9 Å². The zero-order valence-electron chi connectivity index (χ0n) is 22.7. The first-order chi connectivity index (χ1) is 19.3. The van der Waals surface area contributed by atoms with Crippen LogP contribution in [0.15, 0.2) is 65.7 Å². The van der Waals surface area contributed by atoms with E-state index in [2.05, 4.69) is 10.3 Å². The van der Waals surface area contributed by atoms with Crippen molar-refractivity contribution in [2.75, 3.05) is 12.4 Å². The van der Waals surface area contributed by atoms with E-state index in [9.17, 15) is 27.5 Å². The number of carbonyl (C=O) groups excluding carboxylic acids is 1. The molecular formula is C28H28B2ClF4N3O2S. The summed E-state index contributed by atoms with van der Waals surface area (Å²) in [7, 11) is 2.79. The van der Waals surface area contributed by atoms with Gasteiger partial charge in [-0.2, -0.15) is 13.2 Å². The zero-order valence-corrected chi connectivity index (χ0v) is 24.3. The molecule has 1 unspecified atom stereocenters. The zero-order chi connectivity index (χ0) is 29.9. The second-order valence-corrected chi connectivity index (χ2v) is 12.0. The van der Waals surface area contributed by atoms with E-state index in [0.717, 1.165) is 16.7 Å². The topological polar surface area (TPSA) is 67.2 Å². The molecule has 2 aromatic heterocycles. The number of aliphatic hydroxyl groups is 1. The van der Waals surface area contributed by atoms with Gasteiger partial charge in [0.25, 0.3) is 5.91 Å². The van der Waals surface area contributed by atoms with Gasteiger partial charge < -0.3 is 15.0 Å². The molecule has 0 fully saturated rings. The third-order valence-corrected chi connectivity index (χ3v) is 7.55. The fraction of sp³-hybridized carbons (Fsp3) is 0.286. The van der Waals surface area contributed by atoms with Crippen molar-refractivity contribution in [1.82, 2.24) is 14.9 Å². The number of halogens is 5. The van der Waals surface area contributed by atoms with Gasteiger partial charge in [0.05, 0.1) is 29.4 Å². The maximum absolute atomic E-state index is 14.8. The summed E-state index contributed by atoms with van der Waals surface area (Å²) in [5, 5.41) is 13.2. The molecule has 2 N–H and O–H groups in total. The second-order valence-electron chi connectivity index (χ2n) is 10.3. The van der Waals surface area contributed by atoms with Gasteiger partial charge >= 0.3 is 6.18 Å². The summed E-state index contributed by atoms with van der Waals surface area (Å²) < 4.78 is 57.8. The Morgan fingerprint density at radius 2 is 1.88 bits per heavy atom. The van der Waals surface area contributed by atoms with Crippen molar-refractivity contribution in [2.45, 2.75) is 42.5 Å². The Morgan fingerprint density at radius 3 is 2.49 bits per heavy atom. The van der Waals surface area contributed by atoms with Crippen LogP contribution in [-0.2, 0) is 19.1 Å². The minimum Gasteiger partial charge on any atom is -0.394 e. The molecule has 0 radical (unpaired) electrons. The Kier molecular flexibility index (Phi) is 9.45. The van der Waals surface area contributed by atoms with Gasteiger partial charge in [-0.05, 0) is 59.8 Å². The van der Waals surface area contributed by atoms with Crippen LogP contribution in [0.4, 0.5) is 17.6 Å². The molecule has 4 rings (SSSR count). The SMILES string of the molecule is BC(B)(F)Cn1c(Cc2ccc(Cl)cc2C(F)(F)F)cc2cc(C(=O)NC(CO)c3ccc(SCC)cn3)ccc21. The molecule has 0 saturated carbocycles. The number of aromatic nitrogens is 2. The molecule has 4 aromatic rings. The predicted molar refractivity (Wildman–Crippen MR) is 160 cm³/mol. The smallest absolute Gasteiger partial charge is 0.394 e. The van der Waals surface area contributed by atoms with Gasteiger partial charge in [-0.25, -0.2) is 0 Å². The molecule has 5 nitrogen and oxygen atoms in total. The van der Waals surface area contributed by atoms with Gasteiger partial charge in [-0.15, -0.1) is 11.8 Å². The third kappa shape index (κ3) is 7.67. The van der Waals surface area contributed by atoms with Gasteiger partial charge in [-0.1, -0.05) is 24.6 Å². The molecule has 2 heterocycles. The second kappa shape index (κ2) is 12.5. The van der Waals surface area contributed by atoms with Crippen LogP contribution in [0, 0.1) is 0 Å². The highest BCUT2D eigenvalue weighted by atomic mass is 35.5. The molecule has 1 amide bonds. The van der Waals surface area contributed by atoms with E-state index < -0.39 is 29.2 Å². The number of hydrogen-bond acceptors (Lipinski definition) is 4. The maximum atomic E-state index is 14.8. The summed E-state index contributed by atoms with van der Waals surface area (Å²) in [6.45, 7) is 1.56. The van der Waals surface area contributed by atoms with Gasteiger partial charge in [0.15, 0.2) is 0 Å². The number of fused-ring (bicyclic) bond motifs is 1. The van der Waals surface area contributed by atoms with Crippen LogP contribution in [-0.4, -0.2) is 54.1 Å². The van der Waals surface area contributed by atoms with Gasteiger partial charge in [0.1, 0.15) is 15.7 Å². The molecule has 214 valence electrons. The highest BCUT2D eigenvalue weighted by molar-refractivity contribution is 7.99. The van der Waals surface area contributed by atoms with Crippen LogP contribution >= 0.6 is 23.4 Å². The van der Waals surface area contributed by atoms with E-state index in [1.807, 2.05) is 13.0 Å². The Bertz CT molecular complexity index is 1540. The lowest BCUT2D eigenvalue weighted by molar-refractivity contribution is -0.138. The molecule has 0 saturated heterocycles. The minimum absolute atomic E-state index is 0.00206. The molecule has 0 aliphatic carbocycles. The van der Waals surface area contributed by atoms with E-state index in [4.69, 9.17) is 11.6 Å². The number of hydrogen-bond donors (Lipinski definition) is 2. The van der Waals surface area contributed by atoms with Gasteiger partial charge in [0, 0.05) is 51.2 Å². The van der Waals surface area contributed by atoms with Crippen LogP contribution < -0.4 is 5.32 Å². The first-order valence-electron chi connectivity index (χ1n) is 13.0. The third-order valence-electron chi connectivity index (χ3n) is 6.45. The van der Waals surface area contributed by atoms with Crippen molar-refractivity contribution in [3.8, 4) is 0 Å². The lowest BCUT2D eigenvalue weighted by Gasteiger charge is -2.20. The van der Waals surface area contributed by atoms with Crippen molar-refractivity contribution < 1.29 is 27.5 Å². The summed E-state index contributed by atoms with van der Waals surface area (Å²) >= 11 is 7.47. The average Bonchev–Trinajstić information content (AvgIpc) is 3.22. The van der Waals surface area contributed by atoms with Crippen molar-refractivity contribution >= 4 is 55.9 Å². The highest BCUT2D eigenvalue weighted by Crippen LogP contribution is 2.36. The van der Waals surface area contributed by atoms with Gasteiger partial charge in [-0.3, -0.25) is 14.2 Å². The number of amides is 1. The molecule has 0 aliphatic heterocycles. The summed E-state index contributed by atoms with van der Waals surface area (Å²) in [5.74, 6) is 0.427.